The Hall–Kier alpha value is -1.72. The third-order valence-corrected chi connectivity index (χ3v) is 3.23. The Morgan fingerprint density at radius 2 is 1.54 bits per heavy atom. The average molecular weight is 378 g/mol. The lowest BCUT2D eigenvalue weighted by molar-refractivity contribution is -0.183. The zero-order valence-corrected chi connectivity index (χ0v) is 15.0. The summed E-state index contributed by atoms with van der Waals surface area (Å²) in [5, 5.41) is 9.40. The van der Waals surface area contributed by atoms with Gasteiger partial charge in [-0.1, -0.05) is 0 Å². The summed E-state index contributed by atoms with van der Waals surface area (Å²) in [4.78, 5) is 23.7. The largest absolute Gasteiger partial charge is 0.492 e. The van der Waals surface area contributed by atoms with Crippen molar-refractivity contribution in [3.05, 3.63) is 12.3 Å². The molecule has 10 nitrogen and oxygen atoms in total. The Morgan fingerprint density at radius 1 is 0.962 bits per heavy atom. The molecule has 1 rings (SSSR count). The predicted octanol–water partition coefficient (Wildman–Crippen LogP) is -0.959. The van der Waals surface area contributed by atoms with E-state index in [1.165, 1.54) is 26.6 Å². The molecule has 1 aliphatic heterocycles. The van der Waals surface area contributed by atoms with Crippen molar-refractivity contribution in [3.8, 4) is 0 Å². The number of ether oxygens (including phenoxy) is 7. The van der Waals surface area contributed by atoms with Crippen LogP contribution in [0, 0.1) is 0 Å². The first-order valence-electron chi connectivity index (χ1n) is 8.07. The van der Waals surface area contributed by atoms with Crippen molar-refractivity contribution in [2.75, 3.05) is 60.5 Å². The second kappa shape index (κ2) is 13.5. The number of rotatable bonds is 13. The third-order valence-electron chi connectivity index (χ3n) is 3.23. The van der Waals surface area contributed by atoms with Gasteiger partial charge >= 0.3 is 11.9 Å². The number of carbonyl (C=O) groups is 2. The van der Waals surface area contributed by atoms with E-state index in [9.17, 15) is 14.7 Å². The highest BCUT2D eigenvalue weighted by molar-refractivity contribution is 5.72. The van der Waals surface area contributed by atoms with Gasteiger partial charge in [-0.3, -0.25) is 0 Å². The second-order valence-electron chi connectivity index (χ2n) is 5.19. The minimum atomic E-state index is -1.01. The van der Waals surface area contributed by atoms with Crippen LogP contribution in [-0.4, -0.2) is 95.8 Å². The van der Waals surface area contributed by atoms with E-state index in [4.69, 9.17) is 33.2 Å². The molecule has 150 valence electrons. The van der Waals surface area contributed by atoms with E-state index < -0.39 is 36.9 Å². The van der Waals surface area contributed by atoms with E-state index in [1.807, 2.05) is 0 Å². The Labute approximate surface area is 151 Å². The van der Waals surface area contributed by atoms with Crippen LogP contribution in [0.2, 0.25) is 0 Å². The van der Waals surface area contributed by atoms with Gasteiger partial charge in [0.2, 0.25) is 0 Å². The molecule has 1 aliphatic rings. The van der Waals surface area contributed by atoms with Gasteiger partial charge in [0.15, 0.2) is 18.3 Å². The van der Waals surface area contributed by atoms with E-state index in [2.05, 4.69) is 0 Å². The first-order chi connectivity index (χ1) is 12.6. The molecule has 3 atom stereocenters. The molecule has 26 heavy (non-hydrogen) atoms. The van der Waals surface area contributed by atoms with Crippen LogP contribution < -0.4 is 0 Å². The molecule has 0 radical (unpaired) electrons. The maximum absolute atomic E-state index is 11.9. The molecule has 0 saturated carbocycles. The van der Waals surface area contributed by atoms with Crippen molar-refractivity contribution in [1.29, 1.82) is 0 Å². The molecule has 10 heteroatoms. The van der Waals surface area contributed by atoms with Gasteiger partial charge in [0.1, 0.15) is 13.2 Å². The van der Waals surface area contributed by atoms with Crippen molar-refractivity contribution < 1.29 is 47.9 Å². The Bertz CT molecular complexity index is 439. The van der Waals surface area contributed by atoms with Gasteiger partial charge in [0.05, 0.1) is 39.3 Å². The predicted molar refractivity (Wildman–Crippen MR) is 86.2 cm³/mol. The molecule has 0 aromatic carbocycles. The first kappa shape index (κ1) is 22.3. The molecule has 0 amide bonds. The van der Waals surface area contributed by atoms with Crippen molar-refractivity contribution in [1.82, 2.24) is 0 Å². The molecular formula is C16H26O10. The van der Waals surface area contributed by atoms with Crippen LogP contribution in [0.15, 0.2) is 12.3 Å². The van der Waals surface area contributed by atoms with Crippen molar-refractivity contribution in [2.24, 2.45) is 0 Å². The Kier molecular flexibility index (Phi) is 11.6. The fraction of sp³-hybridized carbons (Fsp3) is 0.750. The van der Waals surface area contributed by atoms with E-state index in [0.29, 0.717) is 13.2 Å². The summed E-state index contributed by atoms with van der Waals surface area (Å²) in [5.41, 5.74) is 0. The number of esters is 2. The van der Waals surface area contributed by atoms with E-state index in [1.54, 1.807) is 0 Å². The van der Waals surface area contributed by atoms with Gasteiger partial charge in [-0.05, 0) is 6.08 Å². The summed E-state index contributed by atoms with van der Waals surface area (Å²) in [7, 11) is 3.03. The number of carbonyl (C=O) groups excluding carboxylic acids is 2. The van der Waals surface area contributed by atoms with Crippen LogP contribution in [0.4, 0.5) is 0 Å². The molecular weight excluding hydrogens is 352 g/mol. The third kappa shape index (κ3) is 8.59. The van der Waals surface area contributed by atoms with Gasteiger partial charge in [0, 0.05) is 14.2 Å². The standard InChI is InChI=1S/C16H26O10/c1-20-5-7-22-10-14(18)25-12-3-4-24-13(9-17)16(12)26-15(19)11-23-8-6-21-2/h3-4,12-13,16-17H,5-11H2,1-2H3/t12-,13-,16-/m1/s1. The number of hydrogen-bond acceptors (Lipinski definition) is 10. The zero-order valence-electron chi connectivity index (χ0n) is 15.0. The first-order valence-corrected chi connectivity index (χ1v) is 8.07. The van der Waals surface area contributed by atoms with Crippen LogP contribution in [0.5, 0.6) is 0 Å². The molecule has 1 N–H and O–H groups in total. The second-order valence-corrected chi connectivity index (χ2v) is 5.19. The van der Waals surface area contributed by atoms with Crippen LogP contribution in [0.25, 0.3) is 0 Å². The summed E-state index contributed by atoms with van der Waals surface area (Å²) in [5.74, 6) is -1.33. The number of aliphatic hydroxyl groups excluding tert-OH is 1. The highest BCUT2D eigenvalue weighted by atomic mass is 16.6. The fourth-order valence-electron chi connectivity index (χ4n) is 1.99. The zero-order chi connectivity index (χ0) is 19.2. The topological polar surface area (TPSA) is 119 Å². The maximum Gasteiger partial charge on any atom is 0.332 e. The van der Waals surface area contributed by atoms with Gasteiger partial charge in [-0.25, -0.2) is 9.59 Å². The van der Waals surface area contributed by atoms with Crippen molar-refractivity contribution in [3.63, 3.8) is 0 Å². The molecule has 0 fully saturated rings. The number of methoxy groups -OCH3 is 2. The van der Waals surface area contributed by atoms with Crippen LogP contribution >= 0.6 is 0 Å². The highest BCUT2D eigenvalue weighted by Gasteiger charge is 2.37. The summed E-state index contributed by atoms with van der Waals surface area (Å²) in [6, 6.07) is 0. The van der Waals surface area contributed by atoms with Crippen molar-refractivity contribution >= 4 is 11.9 Å². The minimum absolute atomic E-state index is 0.229. The van der Waals surface area contributed by atoms with Gasteiger partial charge in [0.25, 0.3) is 0 Å². The fourth-order valence-corrected chi connectivity index (χ4v) is 1.99. The van der Waals surface area contributed by atoms with Gasteiger partial charge in [-0.2, -0.15) is 0 Å². The van der Waals surface area contributed by atoms with Crippen LogP contribution in [-0.2, 0) is 42.7 Å². The normalized spacial score (nSPS) is 21.9. The lowest BCUT2D eigenvalue weighted by Gasteiger charge is -2.32. The van der Waals surface area contributed by atoms with E-state index in [0.717, 1.165) is 0 Å². The lowest BCUT2D eigenvalue weighted by atomic mass is 10.1. The Morgan fingerprint density at radius 3 is 2.08 bits per heavy atom. The van der Waals surface area contributed by atoms with E-state index in [-0.39, 0.29) is 26.4 Å². The quantitative estimate of drug-likeness (QED) is 0.317. The number of aliphatic hydroxyl groups is 1. The van der Waals surface area contributed by atoms with Gasteiger partial charge in [-0.15, -0.1) is 0 Å². The smallest absolute Gasteiger partial charge is 0.332 e. The monoisotopic (exact) mass is 378 g/mol. The molecule has 0 aromatic rings. The van der Waals surface area contributed by atoms with Crippen LogP contribution in [0.1, 0.15) is 0 Å². The maximum atomic E-state index is 11.9. The average Bonchev–Trinajstić information content (AvgIpc) is 2.64. The molecule has 0 aromatic heterocycles. The molecule has 1 heterocycles. The molecule has 0 saturated heterocycles. The molecule has 0 aliphatic carbocycles. The Balaban J connectivity index is 2.52. The summed E-state index contributed by atoms with van der Waals surface area (Å²) in [6.45, 7) is 0.150. The highest BCUT2D eigenvalue weighted by Crippen LogP contribution is 2.19. The van der Waals surface area contributed by atoms with E-state index >= 15 is 0 Å². The molecule has 0 unspecified atom stereocenters. The van der Waals surface area contributed by atoms with Crippen LogP contribution in [0.3, 0.4) is 0 Å². The minimum Gasteiger partial charge on any atom is -0.492 e. The lowest BCUT2D eigenvalue weighted by Crippen LogP contribution is -2.48. The summed E-state index contributed by atoms with van der Waals surface area (Å²) in [6.07, 6.45) is -0.0867. The van der Waals surface area contributed by atoms with Gasteiger partial charge < -0.3 is 38.3 Å². The SMILES string of the molecule is COCCOCC(=O)O[C@@H]1[C@H](OC(=O)COCCOC)C=CO[C@@H]1CO. The molecule has 0 bridgehead atoms. The number of hydrogen-bond donors (Lipinski definition) is 1. The summed E-state index contributed by atoms with van der Waals surface area (Å²) < 4.78 is 35.5. The molecule has 0 spiro atoms. The van der Waals surface area contributed by atoms with Crippen molar-refractivity contribution in [2.45, 2.75) is 18.3 Å². The summed E-state index contributed by atoms with van der Waals surface area (Å²) >= 11 is 0.